The molecule has 2 aromatic carbocycles. The van der Waals surface area contributed by atoms with E-state index in [0.29, 0.717) is 18.7 Å². The van der Waals surface area contributed by atoms with Gasteiger partial charge in [-0.1, -0.05) is 30.7 Å². The zero-order valence-electron chi connectivity index (χ0n) is 16.3. The molecule has 0 unspecified atom stereocenters. The van der Waals surface area contributed by atoms with E-state index in [4.69, 9.17) is 0 Å². The van der Waals surface area contributed by atoms with Gasteiger partial charge in [0, 0.05) is 19.6 Å². The van der Waals surface area contributed by atoms with Crippen molar-refractivity contribution in [2.24, 2.45) is 0 Å². The molecule has 0 radical (unpaired) electrons. The Kier molecular flexibility index (Phi) is 5.79. The topological polar surface area (TPSA) is 83.5 Å². The minimum Gasteiger partial charge on any atom is -0.207 e. The molecule has 1 heterocycles. The molecule has 0 bridgehead atoms. The first-order valence-electron chi connectivity index (χ1n) is 10.1. The van der Waals surface area contributed by atoms with Crippen LogP contribution in [0.4, 0.5) is 0 Å². The molecule has 0 aromatic heterocycles. The fourth-order valence-corrected chi connectivity index (χ4v) is 6.91. The highest BCUT2D eigenvalue weighted by molar-refractivity contribution is 7.89. The fourth-order valence-electron chi connectivity index (χ4n) is 4.12. The van der Waals surface area contributed by atoms with E-state index in [1.54, 1.807) is 36.4 Å². The predicted octanol–water partition coefficient (Wildman–Crippen LogP) is 2.83. The molecule has 0 spiro atoms. The number of hydrogen-bond donors (Lipinski definition) is 1. The van der Waals surface area contributed by atoms with Crippen LogP contribution in [-0.4, -0.2) is 34.2 Å². The zero-order valence-corrected chi connectivity index (χ0v) is 17.9. The number of hydrogen-bond acceptors (Lipinski definition) is 4. The lowest BCUT2D eigenvalue weighted by Crippen LogP contribution is -2.36. The van der Waals surface area contributed by atoms with Crippen LogP contribution in [0.1, 0.15) is 42.4 Å². The van der Waals surface area contributed by atoms with Crippen molar-refractivity contribution >= 4 is 20.0 Å². The number of nitrogens with one attached hydrogen (secondary N) is 1. The molecule has 8 heteroatoms. The first-order chi connectivity index (χ1) is 13.9. The monoisotopic (exact) mass is 434 g/mol. The lowest BCUT2D eigenvalue weighted by molar-refractivity contribution is 0.346. The Morgan fingerprint density at radius 1 is 0.828 bits per heavy atom. The van der Waals surface area contributed by atoms with Crippen LogP contribution >= 0.6 is 0 Å². The second-order valence-electron chi connectivity index (χ2n) is 7.68. The van der Waals surface area contributed by atoms with E-state index in [-0.39, 0.29) is 16.3 Å². The van der Waals surface area contributed by atoms with Gasteiger partial charge in [-0.05, 0) is 67.0 Å². The zero-order chi connectivity index (χ0) is 20.5. The third-order valence-corrected chi connectivity index (χ3v) is 9.14. The summed E-state index contributed by atoms with van der Waals surface area (Å²) in [4.78, 5) is 0.410. The Bertz CT molecular complexity index is 1110. The summed E-state index contributed by atoms with van der Waals surface area (Å²) in [6.45, 7) is 0.956. The van der Waals surface area contributed by atoms with Gasteiger partial charge in [-0.3, -0.25) is 0 Å². The number of benzene rings is 2. The van der Waals surface area contributed by atoms with E-state index < -0.39 is 20.0 Å². The number of nitrogens with zero attached hydrogens (tertiary/aromatic N) is 1. The molecule has 0 atom stereocenters. The molecule has 6 nitrogen and oxygen atoms in total. The summed E-state index contributed by atoms with van der Waals surface area (Å²) in [7, 11) is -7.36. The number of aryl methyl sites for hydroxylation is 2. The first-order valence-corrected chi connectivity index (χ1v) is 13.0. The van der Waals surface area contributed by atoms with Gasteiger partial charge in [-0.25, -0.2) is 21.6 Å². The lowest BCUT2D eigenvalue weighted by atomic mass is 10.1. The molecular formula is C21H26N2O4S2. The summed E-state index contributed by atoms with van der Waals surface area (Å²) in [5, 5.41) is 0. The van der Waals surface area contributed by atoms with Crippen molar-refractivity contribution in [2.75, 3.05) is 13.1 Å². The molecule has 1 saturated heterocycles. The van der Waals surface area contributed by atoms with Crippen LogP contribution in [0, 0.1) is 0 Å². The molecule has 1 aliphatic heterocycles. The smallest absolute Gasteiger partial charge is 0.207 e. The maximum atomic E-state index is 13.1. The number of piperidine rings is 1. The molecule has 156 valence electrons. The largest absolute Gasteiger partial charge is 0.243 e. The van der Waals surface area contributed by atoms with Crippen LogP contribution in [0.2, 0.25) is 0 Å². The molecule has 2 aliphatic rings. The van der Waals surface area contributed by atoms with E-state index in [0.717, 1.165) is 44.1 Å². The summed E-state index contributed by atoms with van der Waals surface area (Å²) >= 11 is 0. The SMILES string of the molecule is O=S(=O)(NCc1ccccc1S(=O)(=O)N1CCCCC1)c1ccc2c(c1)CCC2. The van der Waals surface area contributed by atoms with Gasteiger partial charge in [0.1, 0.15) is 0 Å². The Morgan fingerprint density at radius 2 is 1.55 bits per heavy atom. The third kappa shape index (κ3) is 4.26. The van der Waals surface area contributed by atoms with Gasteiger partial charge in [0.15, 0.2) is 0 Å². The van der Waals surface area contributed by atoms with Crippen LogP contribution in [-0.2, 0) is 39.4 Å². The van der Waals surface area contributed by atoms with Crippen molar-refractivity contribution in [3.05, 3.63) is 59.2 Å². The van der Waals surface area contributed by atoms with Gasteiger partial charge in [-0.15, -0.1) is 0 Å². The van der Waals surface area contributed by atoms with Crippen LogP contribution in [0.25, 0.3) is 0 Å². The van der Waals surface area contributed by atoms with Gasteiger partial charge >= 0.3 is 0 Å². The average Bonchev–Trinajstić information content (AvgIpc) is 3.21. The van der Waals surface area contributed by atoms with Crippen LogP contribution in [0.5, 0.6) is 0 Å². The summed E-state index contributed by atoms with van der Waals surface area (Å²) in [5.74, 6) is 0. The second kappa shape index (κ2) is 8.18. The maximum Gasteiger partial charge on any atom is 0.243 e. The Labute approximate surface area is 173 Å². The van der Waals surface area contributed by atoms with E-state index in [1.807, 2.05) is 6.07 Å². The van der Waals surface area contributed by atoms with Crippen molar-refractivity contribution in [3.8, 4) is 0 Å². The first kappa shape index (κ1) is 20.5. The second-order valence-corrected chi connectivity index (χ2v) is 11.4. The van der Waals surface area contributed by atoms with Crippen molar-refractivity contribution < 1.29 is 16.8 Å². The third-order valence-electron chi connectivity index (χ3n) is 5.74. The van der Waals surface area contributed by atoms with E-state index >= 15 is 0 Å². The minimum atomic E-state index is -3.73. The van der Waals surface area contributed by atoms with Gasteiger partial charge in [0.25, 0.3) is 0 Å². The van der Waals surface area contributed by atoms with Crippen molar-refractivity contribution in [1.29, 1.82) is 0 Å². The van der Waals surface area contributed by atoms with Gasteiger partial charge in [0.05, 0.1) is 9.79 Å². The molecule has 29 heavy (non-hydrogen) atoms. The minimum absolute atomic E-state index is 0.0668. The molecule has 0 amide bonds. The van der Waals surface area contributed by atoms with Crippen LogP contribution in [0.15, 0.2) is 52.3 Å². The fraction of sp³-hybridized carbons (Fsp3) is 0.429. The molecular weight excluding hydrogens is 408 g/mol. The van der Waals surface area contributed by atoms with Gasteiger partial charge in [0.2, 0.25) is 20.0 Å². The molecule has 0 saturated carbocycles. The van der Waals surface area contributed by atoms with Crippen molar-refractivity contribution in [3.63, 3.8) is 0 Å². The molecule has 1 fully saturated rings. The van der Waals surface area contributed by atoms with Gasteiger partial charge in [-0.2, -0.15) is 4.31 Å². The van der Waals surface area contributed by atoms with E-state index in [9.17, 15) is 16.8 Å². The molecule has 2 aromatic rings. The number of sulfonamides is 2. The molecule has 4 rings (SSSR count). The summed E-state index contributed by atoms with van der Waals surface area (Å²) in [6, 6.07) is 11.9. The quantitative estimate of drug-likeness (QED) is 0.758. The maximum absolute atomic E-state index is 13.1. The van der Waals surface area contributed by atoms with Crippen LogP contribution in [0.3, 0.4) is 0 Å². The average molecular weight is 435 g/mol. The molecule has 1 aliphatic carbocycles. The molecule has 1 N–H and O–H groups in total. The summed E-state index contributed by atoms with van der Waals surface area (Å²) in [6.07, 6.45) is 5.68. The number of rotatable bonds is 6. The lowest BCUT2D eigenvalue weighted by Gasteiger charge is -2.26. The Hall–Kier alpha value is -1.74. The van der Waals surface area contributed by atoms with E-state index in [1.165, 1.54) is 9.87 Å². The predicted molar refractivity (Wildman–Crippen MR) is 112 cm³/mol. The van der Waals surface area contributed by atoms with Gasteiger partial charge < -0.3 is 0 Å². The highest BCUT2D eigenvalue weighted by Gasteiger charge is 2.28. The highest BCUT2D eigenvalue weighted by atomic mass is 32.2. The summed E-state index contributed by atoms with van der Waals surface area (Å²) in [5.41, 5.74) is 2.76. The Balaban J connectivity index is 1.56. The standard InChI is InChI=1S/C21H26N2O4S2/c24-28(25,20-12-11-17-8-6-9-18(17)15-20)22-16-19-7-2-3-10-21(19)29(26,27)23-13-4-1-5-14-23/h2-3,7,10-12,15,22H,1,4-6,8-9,13-14,16H2. The van der Waals surface area contributed by atoms with E-state index in [2.05, 4.69) is 4.72 Å². The van der Waals surface area contributed by atoms with Crippen molar-refractivity contribution in [1.82, 2.24) is 9.03 Å². The Morgan fingerprint density at radius 3 is 2.34 bits per heavy atom. The normalized spacial score (nSPS) is 17.9. The van der Waals surface area contributed by atoms with Crippen molar-refractivity contribution in [2.45, 2.75) is 54.9 Å². The number of fused-ring (bicyclic) bond motifs is 1. The highest BCUT2D eigenvalue weighted by Crippen LogP contribution is 2.26. The summed E-state index contributed by atoms with van der Waals surface area (Å²) < 4.78 is 55.8. The van der Waals surface area contributed by atoms with Crippen LogP contribution < -0.4 is 4.72 Å².